The van der Waals surface area contributed by atoms with Gasteiger partial charge in [-0.05, 0) is 41.8 Å². The minimum atomic E-state index is -3.24. The first kappa shape index (κ1) is 15.0. The summed E-state index contributed by atoms with van der Waals surface area (Å²) in [4.78, 5) is 0.267. The van der Waals surface area contributed by atoms with Gasteiger partial charge in [0.1, 0.15) is 0 Å². The molecule has 3 nitrogen and oxygen atoms in total. The van der Waals surface area contributed by atoms with Gasteiger partial charge in [0, 0.05) is 11.3 Å². The Morgan fingerprint density at radius 1 is 1.10 bits per heavy atom. The van der Waals surface area contributed by atoms with Crippen LogP contribution in [0.3, 0.4) is 0 Å². The Morgan fingerprint density at radius 3 is 2.35 bits per heavy atom. The Hall–Kier alpha value is -1.36. The van der Waals surface area contributed by atoms with Crippen molar-refractivity contribution in [1.82, 2.24) is 0 Å². The number of aryl methyl sites for hydroxylation is 1. The molecule has 0 amide bonds. The van der Waals surface area contributed by atoms with Gasteiger partial charge in [-0.3, -0.25) is 0 Å². The molecular weight excluding hydrogens is 294 g/mol. The molecule has 1 unspecified atom stereocenters. The topological polar surface area (TPSA) is 60.2 Å². The van der Waals surface area contributed by atoms with Crippen molar-refractivity contribution < 1.29 is 8.42 Å². The summed E-state index contributed by atoms with van der Waals surface area (Å²) in [6.07, 6.45) is 1.18. The summed E-state index contributed by atoms with van der Waals surface area (Å²) in [5, 5.41) is 0.650. The van der Waals surface area contributed by atoms with E-state index in [1.165, 1.54) is 6.26 Å². The van der Waals surface area contributed by atoms with Crippen molar-refractivity contribution in [2.45, 2.75) is 17.9 Å². The SMILES string of the molecule is Cc1ccc(C(N)c2cccc(S(C)(=O)=O)c2)cc1Cl. The van der Waals surface area contributed by atoms with E-state index in [9.17, 15) is 8.42 Å². The molecule has 2 aromatic rings. The molecule has 2 N–H and O–H groups in total. The summed E-state index contributed by atoms with van der Waals surface area (Å²) in [6, 6.07) is 11.9. The van der Waals surface area contributed by atoms with E-state index in [4.69, 9.17) is 17.3 Å². The fourth-order valence-corrected chi connectivity index (χ4v) is 2.80. The standard InChI is InChI=1S/C15H16ClNO2S/c1-10-6-7-12(9-14(10)16)15(17)11-4-3-5-13(8-11)20(2,18)19/h3-9,15H,17H2,1-2H3. The van der Waals surface area contributed by atoms with Crippen LogP contribution < -0.4 is 5.73 Å². The van der Waals surface area contributed by atoms with E-state index >= 15 is 0 Å². The van der Waals surface area contributed by atoms with E-state index < -0.39 is 15.9 Å². The molecule has 0 spiro atoms. The molecular formula is C15H16ClNO2S. The monoisotopic (exact) mass is 309 g/mol. The van der Waals surface area contributed by atoms with Gasteiger partial charge in [-0.25, -0.2) is 8.42 Å². The Balaban J connectivity index is 2.43. The van der Waals surface area contributed by atoms with Crippen LogP contribution in [0, 0.1) is 6.92 Å². The maximum atomic E-state index is 11.6. The summed E-state index contributed by atoms with van der Waals surface area (Å²) in [6.45, 7) is 1.92. The van der Waals surface area contributed by atoms with E-state index in [1.807, 2.05) is 31.2 Å². The lowest BCUT2D eigenvalue weighted by Crippen LogP contribution is -2.12. The molecule has 0 aromatic heterocycles. The van der Waals surface area contributed by atoms with Gasteiger partial charge in [-0.15, -0.1) is 0 Å². The summed E-state index contributed by atoms with van der Waals surface area (Å²) in [7, 11) is -3.24. The normalized spacial score (nSPS) is 13.2. The zero-order chi connectivity index (χ0) is 14.9. The van der Waals surface area contributed by atoms with E-state index in [0.29, 0.717) is 5.02 Å². The number of hydrogen-bond acceptors (Lipinski definition) is 3. The number of halogens is 1. The maximum absolute atomic E-state index is 11.6. The van der Waals surface area contributed by atoms with Gasteiger partial charge in [-0.1, -0.05) is 35.9 Å². The summed E-state index contributed by atoms with van der Waals surface area (Å²) >= 11 is 6.10. The van der Waals surface area contributed by atoms with Crippen molar-refractivity contribution in [2.24, 2.45) is 5.73 Å². The molecule has 106 valence electrons. The minimum absolute atomic E-state index is 0.267. The van der Waals surface area contributed by atoms with Gasteiger partial charge in [0.2, 0.25) is 0 Å². The van der Waals surface area contributed by atoms with Crippen molar-refractivity contribution in [2.75, 3.05) is 6.26 Å². The second-order valence-electron chi connectivity index (χ2n) is 4.83. The molecule has 0 bridgehead atoms. The molecule has 1 atom stereocenters. The third-order valence-electron chi connectivity index (χ3n) is 3.20. The minimum Gasteiger partial charge on any atom is -0.320 e. The van der Waals surface area contributed by atoms with Crippen LogP contribution in [0.25, 0.3) is 0 Å². The van der Waals surface area contributed by atoms with Crippen LogP contribution in [0.1, 0.15) is 22.7 Å². The number of hydrogen-bond donors (Lipinski definition) is 1. The van der Waals surface area contributed by atoms with E-state index in [1.54, 1.807) is 18.2 Å². The fourth-order valence-electron chi connectivity index (χ4n) is 1.93. The van der Waals surface area contributed by atoms with Crippen LogP contribution in [-0.4, -0.2) is 14.7 Å². The number of benzene rings is 2. The van der Waals surface area contributed by atoms with Crippen LogP contribution in [0.4, 0.5) is 0 Å². The van der Waals surface area contributed by atoms with Gasteiger partial charge < -0.3 is 5.73 Å². The Morgan fingerprint density at radius 2 is 1.75 bits per heavy atom. The van der Waals surface area contributed by atoms with Crippen LogP contribution in [0.15, 0.2) is 47.4 Å². The predicted molar refractivity (Wildman–Crippen MR) is 81.8 cm³/mol. The molecule has 0 aliphatic heterocycles. The fraction of sp³-hybridized carbons (Fsp3) is 0.200. The maximum Gasteiger partial charge on any atom is 0.175 e. The molecule has 2 rings (SSSR count). The van der Waals surface area contributed by atoms with Crippen LogP contribution in [0.2, 0.25) is 5.02 Å². The zero-order valence-corrected chi connectivity index (χ0v) is 12.9. The van der Waals surface area contributed by atoms with Crippen molar-refractivity contribution in [1.29, 1.82) is 0 Å². The summed E-state index contributed by atoms with van der Waals surface area (Å²) < 4.78 is 23.2. The van der Waals surface area contributed by atoms with E-state index in [0.717, 1.165) is 16.7 Å². The first-order chi connectivity index (χ1) is 9.29. The number of rotatable bonds is 3. The molecule has 0 saturated heterocycles. The third kappa shape index (κ3) is 3.20. The molecule has 20 heavy (non-hydrogen) atoms. The highest BCUT2D eigenvalue weighted by molar-refractivity contribution is 7.90. The molecule has 0 aliphatic rings. The number of nitrogens with two attached hydrogens (primary N) is 1. The average Bonchev–Trinajstić information content (AvgIpc) is 2.40. The Kier molecular flexibility index (Phi) is 4.18. The van der Waals surface area contributed by atoms with Gasteiger partial charge in [0.05, 0.1) is 10.9 Å². The molecule has 0 heterocycles. The smallest absolute Gasteiger partial charge is 0.175 e. The molecule has 5 heteroatoms. The predicted octanol–water partition coefficient (Wildman–Crippen LogP) is 3.10. The highest BCUT2D eigenvalue weighted by Gasteiger charge is 2.13. The van der Waals surface area contributed by atoms with E-state index in [2.05, 4.69) is 0 Å². The zero-order valence-electron chi connectivity index (χ0n) is 11.3. The molecule has 0 radical (unpaired) electrons. The van der Waals surface area contributed by atoms with Gasteiger partial charge in [-0.2, -0.15) is 0 Å². The molecule has 0 fully saturated rings. The van der Waals surface area contributed by atoms with Crippen molar-refractivity contribution in [3.8, 4) is 0 Å². The Bertz CT molecular complexity index is 741. The second kappa shape index (κ2) is 5.56. The lowest BCUT2D eigenvalue weighted by molar-refractivity contribution is 0.601. The summed E-state index contributed by atoms with van der Waals surface area (Å²) in [5.74, 6) is 0. The quantitative estimate of drug-likeness (QED) is 0.947. The molecule has 0 aliphatic carbocycles. The van der Waals surface area contributed by atoms with Crippen molar-refractivity contribution in [3.63, 3.8) is 0 Å². The van der Waals surface area contributed by atoms with Crippen molar-refractivity contribution >= 4 is 21.4 Å². The first-order valence-corrected chi connectivity index (χ1v) is 8.37. The summed E-state index contributed by atoms with van der Waals surface area (Å²) in [5.41, 5.74) is 8.77. The number of sulfone groups is 1. The Labute approximate surface area is 124 Å². The molecule has 2 aromatic carbocycles. The van der Waals surface area contributed by atoms with Crippen molar-refractivity contribution in [3.05, 3.63) is 64.2 Å². The largest absolute Gasteiger partial charge is 0.320 e. The van der Waals surface area contributed by atoms with Gasteiger partial charge in [0.25, 0.3) is 0 Å². The second-order valence-corrected chi connectivity index (χ2v) is 7.25. The van der Waals surface area contributed by atoms with Crippen LogP contribution >= 0.6 is 11.6 Å². The van der Waals surface area contributed by atoms with Gasteiger partial charge >= 0.3 is 0 Å². The highest BCUT2D eigenvalue weighted by atomic mass is 35.5. The molecule has 0 saturated carbocycles. The van der Waals surface area contributed by atoms with Crippen LogP contribution in [0.5, 0.6) is 0 Å². The first-order valence-electron chi connectivity index (χ1n) is 6.10. The lowest BCUT2D eigenvalue weighted by Gasteiger charge is -2.14. The highest BCUT2D eigenvalue weighted by Crippen LogP contribution is 2.25. The third-order valence-corrected chi connectivity index (χ3v) is 4.72. The lowest BCUT2D eigenvalue weighted by atomic mass is 9.99. The average molecular weight is 310 g/mol. The van der Waals surface area contributed by atoms with Crippen LogP contribution in [-0.2, 0) is 9.84 Å². The van der Waals surface area contributed by atoms with E-state index in [-0.39, 0.29) is 4.90 Å². The van der Waals surface area contributed by atoms with Gasteiger partial charge in [0.15, 0.2) is 9.84 Å².